The zero-order chi connectivity index (χ0) is 22.2. The molecule has 3 rings (SSSR count). The molecule has 0 bridgehead atoms. The highest BCUT2D eigenvalue weighted by Gasteiger charge is 2.16. The van der Waals surface area contributed by atoms with Crippen LogP contribution in [-0.4, -0.2) is 29.5 Å². The van der Waals surface area contributed by atoms with Crippen LogP contribution in [0.25, 0.3) is 0 Å². The van der Waals surface area contributed by atoms with Crippen molar-refractivity contribution in [1.82, 2.24) is 10.3 Å². The molecule has 0 unspecified atom stereocenters. The number of benzene rings is 2. The Labute approximate surface area is 183 Å². The Bertz CT molecular complexity index is 1080. The Morgan fingerprint density at radius 1 is 1.06 bits per heavy atom. The van der Waals surface area contributed by atoms with E-state index in [1.54, 1.807) is 11.4 Å². The first-order chi connectivity index (χ1) is 14.9. The first kappa shape index (κ1) is 22.0. The summed E-state index contributed by atoms with van der Waals surface area (Å²) in [6, 6.07) is 14.6. The number of aryl methyl sites for hydroxylation is 2. The van der Waals surface area contributed by atoms with Crippen molar-refractivity contribution in [3.63, 3.8) is 0 Å². The molecule has 0 radical (unpaired) electrons. The average molecular weight is 439 g/mol. The minimum Gasteiger partial charge on any atom is -0.451 e. The minimum atomic E-state index is -0.742. The third-order valence-electron chi connectivity index (χ3n) is 4.22. The molecule has 3 aromatic rings. The summed E-state index contributed by atoms with van der Waals surface area (Å²) in [5.74, 6) is -1.48. The lowest BCUT2D eigenvalue weighted by Gasteiger charge is -2.10. The molecule has 31 heavy (non-hydrogen) atoms. The van der Waals surface area contributed by atoms with Crippen LogP contribution in [0.5, 0.6) is 0 Å². The Kier molecular flexibility index (Phi) is 7.34. The van der Waals surface area contributed by atoms with Crippen LogP contribution >= 0.6 is 11.3 Å². The molecule has 1 heterocycles. The molecule has 0 saturated heterocycles. The van der Waals surface area contributed by atoms with Crippen LogP contribution in [0.4, 0.5) is 15.6 Å². The molecule has 0 fully saturated rings. The second-order valence-corrected chi connectivity index (χ2v) is 7.63. The number of aromatic nitrogens is 1. The number of nitrogens with zero attached hydrogens (tertiary/aromatic N) is 1. The number of anilines is 2. The first-order valence-electron chi connectivity index (χ1n) is 9.49. The van der Waals surface area contributed by atoms with Gasteiger partial charge in [0.2, 0.25) is 0 Å². The third-order valence-corrected chi connectivity index (χ3v) is 5.02. The molecule has 1 aromatic heterocycles. The van der Waals surface area contributed by atoms with Gasteiger partial charge in [0.05, 0.1) is 0 Å². The number of thiazole rings is 1. The first-order valence-corrected chi connectivity index (χ1v) is 10.4. The van der Waals surface area contributed by atoms with E-state index in [9.17, 15) is 14.4 Å². The van der Waals surface area contributed by atoms with E-state index in [1.165, 1.54) is 11.3 Å². The normalized spacial score (nSPS) is 10.3. The van der Waals surface area contributed by atoms with Crippen molar-refractivity contribution >= 4 is 40.1 Å². The number of carbonyl (C=O) groups is 3. The Morgan fingerprint density at radius 3 is 2.58 bits per heavy atom. The number of nitrogens with one attached hydrogen (secondary N) is 3. The van der Waals surface area contributed by atoms with Gasteiger partial charge in [0, 0.05) is 17.6 Å². The molecule has 8 nitrogen and oxygen atoms in total. The number of rotatable bonds is 7. The number of hydrogen-bond donors (Lipinski definition) is 3. The predicted molar refractivity (Wildman–Crippen MR) is 119 cm³/mol. The van der Waals surface area contributed by atoms with Gasteiger partial charge in [-0.2, -0.15) is 0 Å². The molecule has 3 amide bonds. The number of carbonyl (C=O) groups excluding carboxylic acids is 3. The summed E-state index contributed by atoms with van der Waals surface area (Å²) in [6.07, 6.45) is 0. The number of imide groups is 1. The largest absolute Gasteiger partial charge is 0.451 e. The third kappa shape index (κ3) is 6.65. The molecule has 0 spiro atoms. The zero-order valence-corrected chi connectivity index (χ0v) is 17.9. The van der Waals surface area contributed by atoms with Gasteiger partial charge in [0.25, 0.3) is 5.91 Å². The van der Waals surface area contributed by atoms with Gasteiger partial charge >= 0.3 is 12.0 Å². The molecular formula is C22H22N4O4S. The Hall–Kier alpha value is -3.72. The van der Waals surface area contributed by atoms with Gasteiger partial charge in [-0.05, 0) is 31.0 Å². The molecule has 0 atom stereocenters. The topological polar surface area (TPSA) is 109 Å². The van der Waals surface area contributed by atoms with Gasteiger partial charge in [-0.1, -0.05) is 48.0 Å². The fraction of sp³-hybridized carbons (Fsp3) is 0.182. The lowest BCUT2D eigenvalue weighted by Crippen LogP contribution is -2.37. The highest BCUT2D eigenvalue weighted by atomic mass is 32.1. The average Bonchev–Trinajstić information content (AvgIpc) is 3.22. The molecule has 0 aliphatic rings. The fourth-order valence-corrected chi connectivity index (χ4v) is 3.38. The van der Waals surface area contributed by atoms with Gasteiger partial charge < -0.3 is 15.4 Å². The van der Waals surface area contributed by atoms with Crippen LogP contribution in [0.1, 0.15) is 27.2 Å². The van der Waals surface area contributed by atoms with Gasteiger partial charge in [0.15, 0.2) is 17.4 Å². The summed E-state index contributed by atoms with van der Waals surface area (Å²) < 4.78 is 4.94. The van der Waals surface area contributed by atoms with E-state index >= 15 is 0 Å². The van der Waals surface area contributed by atoms with Crippen LogP contribution in [0.2, 0.25) is 0 Å². The maximum absolute atomic E-state index is 12.1. The summed E-state index contributed by atoms with van der Waals surface area (Å²) in [7, 11) is 0. The van der Waals surface area contributed by atoms with E-state index in [0.29, 0.717) is 17.4 Å². The van der Waals surface area contributed by atoms with Crippen molar-refractivity contribution in [2.45, 2.75) is 20.4 Å². The SMILES string of the molecule is Cc1ccc(NC(=O)NC(=O)COC(=O)c2csc(NCc3ccccc3)n2)c(C)c1. The van der Waals surface area contributed by atoms with E-state index in [1.807, 2.05) is 56.3 Å². The molecule has 9 heteroatoms. The number of ether oxygens (including phenoxy) is 1. The van der Waals surface area contributed by atoms with E-state index < -0.39 is 24.5 Å². The van der Waals surface area contributed by atoms with E-state index in [4.69, 9.17) is 4.74 Å². The van der Waals surface area contributed by atoms with Crippen LogP contribution < -0.4 is 16.0 Å². The van der Waals surface area contributed by atoms with Gasteiger partial charge in [-0.3, -0.25) is 10.1 Å². The molecule has 2 aromatic carbocycles. The Morgan fingerprint density at radius 2 is 1.84 bits per heavy atom. The summed E-state index contributed by atoms with van der Waals surface area (Å²) >= 11 is 1.26. The van der Waals surface area contributed by atoms with Crippen LogP contribution in [0.15, 0.2) is 53.9 Å². The summed E-state index contributed by atoms with van der Waals surface area (Å²) in [4.78, 5) is 40.1. The Balaban J connectivity index is 1.43. The molecule has 3 N–H and O–H groups in total. The van der Waals surface area contributed by atoms with E-state index in [2.05, 4.69) is 20.9 Å². The molecule has 0 saturated carbocycles. The van der Waals surface area contributed by atoms with Crippen molar-refractivity contribution in [1.29, 1.82) is 0 Å². The summed E-state index contributed by atoms with van der Waals surface area (Å²) in [5.41, 5.74) is 3.69. The predicted octanol–water partition coefficient (Wildman–Crippen LogP) is 3.88. The van der Waals surface area contributed by atoms with Crippen LogP contribution in [0, 0.1) is 13.8 Å². The van der Waals surface area contributed by atoms with Crippen molar-refractivity contribution < 1.29 is 19.1 Å². The van der Waals surface area contributed by atoms with Crippen LogP contribution in [-0.2, 0) is 16.1 Å². The van der Waals surface area contributed by atoms with Crippen molar-refractivity contribution in [2.75, 3.05) is 17.2 Å². The number of urea groups is 1. The second-order valence-electron chi connectivity index (χ2n) is 6.77. The maximum atomic E-state index is 12.1. The lowest BCUT2D eigenvalue weighted by atomic mass is 10.1. The second kappa shape index (κ2) is 10.4. The molecular weight excluding hydrogens is 416 g/mol. The summed E-state index contributed by atoms with van der Waals surface area (Å²) in [6.45, 7) is 3.77. The number of amides is 3. The molecule has 160 valence electrons. The van der Waals surface area contributed by atoms with E-state index in [0.717, 1.165) is 16.7 Å². The van der Waals surface area contributed by atoms with Gasteiger partial charge in [-0.25, -0.2) is 14.6 Å². The zero-order valence-electron chi connectivity index (χ0n) is 17.1. The lowest BCUT2D eigenvalue weighted by molar-refractivity contribution is -0.123. The fourth-order valence-electron chi connectivity index (χ4n) is 2.70. The number of esters is 1. The maximum Gasteiger partial charge on any atom is 0.358 e. The van der Waals surface area contributed by atoms with Crippen molar-refractivity contribution in [2.24, 2.45) is 0 Å². The van der Waals surface area contributed by atoms with Gasteiger partial charge in [0.1, 0.15) is 0 Å². The molecule has 0 aliphatic heterocycles. The molecule has 0 aliphatic carbocycles. The summed E-state index contributed by atoms with van der Waals surface area (Å²) in [5, 5.41) is 9.94. The minimum absolute atomic E-state index is 0.0908. The highest BCUT2D eigenvalue weighted by Crippen LogP contribution is 2.17. The highest BCUT2D eigenvalue weighted by molar-refractivity contribution is 7.13. The quantitative estimate of drug-likeness (QED) is 0.483. The van der Waals surface area contributed by atoms with Crippen LogP contribution in [0.3, 0.4) is 0 Å². The van der Waals surface area contributed by atoms with Crippen molar-refractivity contribution in [3.8, 4) is 0 Å². The van der Waals surface area contributed by atoms with Crippen molar-refractivity contribution in [3.05, 3.63) is 76.3 Å². The number of hydrogen-bond acceptors (Lipinski definition) is 7. The van der Waals surface area contributed by atoms with Gasteiger partial charge in [-0.15, -0.1) is 11.3 Å². The van der Waals surface area contributed by atoms with E-state index in [-0.39, 0.29) is 5.69 Å². The standard InChI is InChI=1S/C22H22N4O4S/c1-14-8-9-17(15(2)10-14)24-21(29)26-19(27)12-30-20(28)18-13-31-22(25-18)23-11-16-6-4-3-5-7-16/h3-10,13H,11-12H2,1-2H3,(H,23,25)(H2,24,26,27,29). The smallest absolute Gasteiger partial charge is 0.358 e. The monoisotopic (exact) mass is 438 g/mol.